The van der Waals surface area contributed by atoms with Crippen molar-refractivity contribution in [2.75, 3.05) is 5.73 Å². The van der Waals surface area contributed by atoms with Gasteiger partial charge in [-0.3, -0.25) is 4.79 Å². The summed E-state index contributed by atoms with van der Waals surface area (Å²) in [5.74, 6) is -0.714. The smallest absolute Gasteiger partial charge is 0.325 e. The number of anilines is 1. The van der Waals surface area contributed by atoms with E-state index in [9.17, 15) is 4.79 Å². The highest BCUT2D eigenvalue weighted by Gasteiger charge is 2.16. The Balaban J connectivity index is 3.08. The van der Waals surface area contributed by atoms with E-state index in [0.29, 0.717) is 17.1 Å². The highest BCUT2D eigenvalue weighted by Crippen LogP contribution is 2.15. The summed E-state index contributed by atoms with van der Waals surface area (Å²) in [6.07, 6.45) is 0. The number of carbonyl (C=O) groups is 1. The SMILES string of the molecule is Cc1nc(N)ccc1C(N)C(=O)O. The fourth-order valence-electron chi connectivity index (χ4n) is 1.05. The van der Waals surface area contributed by atoms with E-state index in [1.54, 1.807) is 13.0 Å². The molecular formula is C8H11N3O2. The van der Waals surface area contributed by atoms with Crippen LogP contribution in [0.25, 0.3) is 0 Å². The topological polar surface area (TPSA) is 102 Å². The second-order valence-electron chi connectivity index (χ2n) is 2.73. The molecule has 0 aliphatic rings. The van der Waals surface area contributed by atoms with E-state index in [2.05, 4.69) is 4.98 Å². The molecule has 1 unspecified atom stereocenters. The van der Waals surface area contributed by atoms with Crippen molar-refractivity contribution in [3.8, 4) is 0 Å². The first-order chi connectivity index (χ1) is 6.02. The van der Waals surface area contributed by atoms with Gasteiger partial charge in [0.1, 0.15) is 11.9 Å². The quantitative estimate of drug-likeness (QED) is 0.598. The van der Waals surface area contributed by atoms with Crippen molar-refractivity contribution in [1.82, 2.24) is 4.98 Å². The van der Waals surface area contributed by atoms with E-state index in [-0.39, 0.29) is 0 Å². The van der Waals surface area contributed by atoms with Gasteiger partial charge in [-0.1, -0.05) is 6.07 Å². The maximum atomic E-state index is 10.6. The lowest BCUT2D eigenvalue weighted by Crippen LogP contribution is -2.22. The predicted molar refractivity (Wildman–Crippen MR) is 48.0 cm³/mol. The Labute approximate surface area is 75.4 Å². The lowest BCUT2D eigenvalue weighted by Gasteiger charge is -2.09. The number of rotatable bonds is 2. The molecule has 1 aromatic heterocycles. The Morgan fingerprint density at radius 2 is 2.23 bits per heavy atom. The number of hydrogen-bond donors (Lipinski definition) is 3. The van der Waals surface area contributed by atoms with Gasteiger partial charge in [0.2, 0.25) is 0 Å². The number of aryl methyl sites for hydroxylation is 1. The molecule has 5 nitrogen and oxygen atoms in total. The highest BCUT2D eigenvalue weighted by molar-refractivity contribution is 5.75. The normalized spacial score (nSPS) is 12.5. The van der Waals surface area contributed by atoms with Crippen LogP contribution < -0.4 is 11.5 Å². The molecule has 0 saturated carbocycles. The van der Waals surface area contributed by atoms with Crippen LogP contribution in [0.5, 0.6) is 0 Å². The van der Waals surface area contributed by atoms with E-state index >= 15 is 0 Å². The number of carboxylic acid groups (broad SMARTS) is 1. The van der Waals surface area contributed by atoms with E-state index in [4.69, 9.17) is 16.6 Å². The second-order valence-corrected chi connectivity index (χ2v) is 2.73. The molecule has 0 radical (unpaired) electrons. The van der Waals surface area contributed by atoms with Crippen molar-refractivity contribution in [3.05, 3.63) is 23.4 Å². The summed E-state index contributed by atoms with van der Waals surface area (Å²) in [5.41, 5.74) is 11.9. The molecule has 0 bridgehead atoms. The molecule has 0 saturated heterocycles. The number of pyridine rings is 1. The summed E-state index contributed by atoms with van der Waals surface area (Å²) in [5, 5.41) is 8.65. The maximum Gasteiger partial charge on any atom is 0.325 e. The van der Waals surface area contributed by atoms with Gasteiger partial charge in [-0.05, 0) is 13.0 Å². The fraction of sp³-hybridized carbons (Fsp3) is 0.250. The Kier molecular flexibility index (Phi) is 2.48. The Morgan fingerprint density at radius 1 is 1.62 bits per heavy atom. The van der Waals surface area contributed by atoms with Crippen LogP contribution in [0.4, 0.5) is 5.82 Å². The minimum absolute atomic E-state index is 0.360. The van der Waals surface area contributed by atoms with Crippen molar-refractivity contribution in [2.24, 2.45) is 5.73 Å². The Hall–Kier alpha value is -1.62. The van der Waals surface area contributed by atoms with Crippen molar-refractivity contribution in [1.29, 1.82) is 0 Å². The Morgan fingerprint density at radius 3 is 2.69 bits per heavy atom. The zero-order valence-electron chi connectivity index (χ0n) is 7.19. The largest absolute Gasteiger partial charge is 0.480 e. The summed E-state index contributed by atoms with van der Waals surface area (Å²) in [4.78, 5) is 14.5. The number of nitrogen functional groups attached to an aromatic ring is 1. The van der Waals surface area contributed by atoms with Gasteiger partial charge in [-0.25, -0.2) is 4.98 Å². The molecule has 1 aromatic rings. The minimum Gasteiger partial charge on any atom is -0.480 e. The number of nitrogens with two attached hydrogens (primary N) is 2. The number of aromatic nitrogens is 1. The van der Waals surface area contributed by atoms with Crippen LogP contribution in [-0.4, -0.2) is 16.1 Å². The van der Waals surface area contributed by atoms with Crippen LogP contribution in [0, 0.1) is 6.92 Å². The molecule has 13 heavy (non-hydrogen) atoms. The summed E-state index contributed by atoms with van der Waals surface area (Å²) in [6.45, 7) is 1.68. The van der Waals surface area contributed by atoms with Gasteiger partial charge in [0, 0.05) is 11.3 Å². The van der Waals surface area contributed by atoms with Gasteiger partial charge in [-0.2, -0.15) is 0 Å². The third-order valence-corrected chi connectivity index (χ3v) is 1.75. The molecular weight excluding hydrogens is 170 g/mol. The second kappa shape index (κ2) is 3.40. The van der Waals surface area contributed by atoms with E-state index in [0.717, 1.165) is 0 Å². The molecule has 0 aliphatic carbocycles. The zero-order valence-corrected chi connectivity index (χ0v) is 7.19. The first kappa shape index (κ1) is 9.47. The van der Waals surface area contributed by atoms with Crippen LogP contribution in [0.1, 0.15) is 17.3 Å². The fourth-order valence-corrected chi connectivity index (χ4v) is 1.05. The molecule has 0 aromatic carbocycles. The number of carboxylic acids is 1. The number of aliphatic carboxylic acids is 1. The van der Waals surface area contributed by atoms with Crippen LogP contribution >= 0.6 is 0 Å². The average Bonchev–Trinajstić information content (AvgIpc) is 2.03. The molecule has 70 valence electrons. The maximum absolute atomic E-state index is 10.6. The van der Waals surface area contributed by atoms with Crippen molar-refractivity contribution >= 4 is 11.8 Å². The first-order valence-corrected chi connectivity index (χ1v) is 3.73. The third-order valence-electron chi connectivity index (χ3n) is 1.75. The zero-order chi connectivity index (χ0) is 10.0. The van der Waals surface area contributed by atoms with Crippen molar-refractivity contribution in [3.63, 3.8) is 0 Å². The third kappa shape index (κ3) is 1.94. The highest BCUT2D eigenvalue weighted by atomic mass is 16.4. The van der Waals surface area contributed by atoms with Crippen LogP contribution in [-0.2, 0) is 4.79 Å². The minimum atomic E-state index is -1.07. The van der Waals surface area contributed by atoms with Crippen LogP contribution in [0.3, 0.4) is 0 Å². The Bertz CT molecular complexity index is 338. The molecule has 0 aliphatic heterocycles. The lowest BCUT2D eigenvalue weighted by atomic mass is 10.1. The summed E-state index contributed by atoms with van der Waals surface area (Å²) in [6, 6.07) is 2.08. The summed E-state index contributed by atoms with van der Waals surface area (Å²) in [7, 11) is 0. The van der Waals surface area contributed by atoms with E-state index in [1.807, 2.05) is 0 Å². The van der Waals surface area contributed by atoms with E-state index in [1.165, 1.54) is 6.07 Å². The van der Waals surface area contributed by atoms with Gasteiger partial charge in [0.05, 0.1) is 0 Å². The summed E-state index contributed by atoms with van der Waals surface area (Å²) < 4.78 is 0. The first-order valence-electron chi connectivity index (χ1n) is 3.73. The van der Waals surface area contributed by atoms with Crippen molar-refractivity contribution in [2.45, 2.75) is 13.0 Å². The van der Waals surface area contributed by atoms with Gasteiger partial charge in [0.25, 0.3) is 0 Å². The molecule has 0 fully saturated rings. The molecule has 0 amide bonds. The van der Waals surface area contributed by atoms with Crippen LogP contribution in [0.15, 0.2) is 12.1 Å². The number of hydrogen-bond acceptors (Lipinski definition) is 4. The lowest BCUT2D eigenvalue weighted by molar-refractivity contribution is -0.138. The number of nitrogens with zero attached hydrogens (tertiary/aromatic N) is 1. The summed E-state index contributed by atoms with van der Waals surface area (Å²) >= 11 is 0. The predicted octanol–water partition coefficient (Wildman–Crippen LogP) is 0.0566. The van der Waals surface area contributed by atoms with E-state index < -0.39 is 12.0 Å². The van der Waals surface area contributed by atoms with Crippen molar-refractivity contribution < 1.29 is 9.90 Å². The van der Waals surface area contributed by atoms with Gasteiger partial charge < -0.3 is 16.6 Å². The van der Waals surface area contributed by atoms with Gasteiger partial charge in [0.15, 0.2) is 0 Å². The van der Waals surface area contributed by atoms with Gasteiger partial charge >= 0.3 is 5.97 Å². The molecule has 1 atom stereocenters. The molecule has 0 spiro atoms. The average molecular weight is 181 g/mol. The standard InChI is InChI=1S/C8H11N3O2/c1-4-5(7(10)8(12)13)2-3-6(9)11-4/h2-3,7H,10H2,1H3,(H2,9,11)(H,12,13). The molecule has 5 heteroatoms. The van der Waals surface area contributed by atoms with Gasteiger partial charge in [-0.15, -0.1) is 0 Å². The van der Waals surface area contributed by atoms with Crippen LogP contribution in [0.2, 0.25) is 0 Å². The molecule has 1 heterocycles. The molecule has 5 N–H and O–H groups in total. The molecule has 1 rings (SSSR count). The monoisotopic (exact) mass is 181 g/mol.